The normalized spacial score (nSPS) is 34.9. The summed E-state index contributed by atoms with van der Waals surface area (Å²) < 4.78 is 5.40. The van der Waals surface area contributed by atoms with Crippen molar-refractivity contribution in [1.82, 2.24) is 0 Å². The molecule has 0 aromatic rings. The van der Waals surface area contributed by atoms with Crippen LogP contribution in [0.4, 0.5) is 0 Å². The molecule has 0 spiro atoms. The van der Waals surface area contributed by atoms with Crippen LogP contribution in [0.5, 0.6) is 0 Å². The Balaban J connectivity index is 1.97. The third kappa shape index (κ3) is 1.84. The number of rotatable bonds is 1. The van der Waals surface area contributed by atoms with E-state index in [9.17, 15) is 4.79 Å². The SMILES string of the molecule is CC(C)(C)OC(=O)[C@H]1C[C@H]2C=C[C@H]1C2. The molecule has 2 rings (SSSR count). The molecule has 0 radical (unpaired) electrons. The third-order valence-corrected chi connectivity index (χ3v) is 2.99. The molecule has 0 heterocycles. The van der Waals surface area contributed by atoms with Crippen molar-refractivity contribution in [3.05, 3.63) is 12.2 Å². The molecule has 3 atom stereocenters. The van der Waals surface area contributed by atoms with Crippen molar-refractivity contribution in [3.8, 4) is 0 Å². The fraction of sp³-hybridized carbons (Fsp3) is 0.750. The lowest BCUT2D eigenvalue weighted by atomic mass is 9.93. The van der Waals surface area contributed by atoms with Crippen LogP contribution in [0.1, 0.15) is 33.6 Å². The predicted molar refractivity (Wildman–Crippen MR) is 54.7 cm³/mol. The zero-order valence-corrected chi connectivity index (χ0v) is 9.12. The van der Waals surface area contributed by atoms with Crippen LogP contribution in [-0.2, 0) is 9.53 Å². The molecule has 0 N–H and O–H groups in total. The van der Waals surface area contributed by atoms with Gasteiger partial charge in [0.15, 0.2) is 0 Å². The summed E-state index contributed by atoms with van der Waals surface area (Å²) in [7, 11) is 0. The minimum absolute atomic E-state index is 0.00523. The monoisotopic (exact) mass is 194 g/mol. The first kappa shape index (κ1) is 9.75. The maximum Gasteiger partial charge on any atom is 0.310 e. The van der Waals surface area contributed by atoms with Gasteiger partial charge >= 0.3 is 5.97 Å². The molecule has 0 aromatic heterocycles. The van der Waals surface area contributed by atoms with Crippen LogP contribution in [0.2, 0.25) is 0 Å². The van der Waals surface area contributed by atoms with Crippen LogP contribution in [0.3, 0.4) is 0 Å². The van der Waals surface area contributed by atoms with Crippen molar-refractivity contribution in [2.75, 3.05) is 0 Å². The smallest absolute Gasteiger partial charge is 0.310 e. The first-order valence-corrected chi connectivity index (χ1v) is 5.37. The van der Waals surface area contributed by atoms with Gasteiger partial charge in [0.05, 0.1) is 5.92 Å². The molecule has 2 nitrogen and oxygen atoms in total. The lowest BCUT2D eigenvalue weighted by Gasteiger charge is -2.24. The van der Waals surface area contributed by atoms with Crippen molar-refractivity contribution in [3.63, 3.8) is 0 Å². The second-order valence-electron chi connectivity index (χ2n) is 5.42. The topological polar surface area (TPSA) is 26.3 Å². The van der Waals surface area contributed by atoms with Crippen molar-refractivity contribution in [2.45, 2.75) is 39.2 Å². The van der Waals surface area contributed by atoms with Crippen molar-refractivity contribution in [1.29, 1.82) is 0 Å². The van der Waals surface area contributed by atoms with Gasteiger partial charge in [0, 0.05) is 0 Å². The first-order valence-electron chi connectivity index (χ1n) is 5.37. The second-order valence-corrected chi connectivity index (χ2v) is 5.42. The van der Waals surface area contributed by atoms with Gasteiger partial charge in [0.2, 0.25) is 0 Å². The van der Waals surface area contributed by atoms with E-state index in [0.29, 0.717) is 11.8 Å². The number of hydrogen-bond acceptors (Lipinski definition) is 2. The maximum atomic E-state index is 11.8. The first-order chi connectivity index (χ1) is 6.46. The van der Waals surface area contributed by atoms with Gasteiger partial charge in [-0.25, -0.2) is 0 Å². The Labute approximate surface area is 85.3 Å². The lowest BCUT2D eigenvalue weighted by molar-refractivity contribution is -0.160. The maximum absolute atomic E-state index is 11.8. The molecule has 0 unspecified atom stereocenters. The molecule has 1 saturated carbocycles. The van der Waals surface area contributed by atoms with E-state index < -0.39 is 0 Å². The molecule has 0 amide bonds. The summed E-state index contributed by atoms with van der Waals surface area (Å²) in [5.74, 6) is 1.21. The molecular weight excluding hydrogens is 176 g/mol. The van der Waals surface area contributed by atoms with Gasteiger partial charge < -0.3 is 4.74 Å². The molecule has 2 heteroatoms. The Morgan fingerprint density at radius 3 is 2.43 bits per heavy atom. The van der Waals surface area contributed by atoms with Gasteiger partial charge in [0.1, 0.15) is 5.60 Å². The molecular formula is C12H18O2. The van der Waals surface area contributed by atoms with Crippen LogP contribution in [-0.4, -0.2) is 11.6 Å². The largest absolute Gasteiger partial charge is 0.460 e. The Morgan fingerprint density at radius 2 is 2.00 bits per heavy atom. The zero-order chi connectivity index (χ0) is 10.3. The van der Waals surface area contributed by atoms with Gasteiger partial charge in [-0.05, 0) is 45.4 Å². The van der Waals surface area contributed by atoms with Crippen molar-refractivity contribution < 1.29 is 9.53 Å². The van der Waals surface area contributed by atoms with Gasteiger partial charge in [-0.3, -0.25) is 4.79 Å². The fourth-order valence-electron chi connectivity index (χ4n) is 2.43. The van der Waals surface area contributed by atoms with Gasteiger partial charge in [0.25, 0.3) is 0 Å². The molecule has 2 aliphatic carbocycles. The molecule has 14 heavy (non-hydrogen) atoms. The highest BCUT2D eigenvalue weighted by Crippen LogP contribution is 2.44. The quantitative estimate of drug-likeness (QED) is 0.473. The van der Waals surface area contributed by atoms with Crippen LogP contribution in [0.25, 0.3) is 0 Å². The fourth-order valence-corrected chi connectivity index (χ4v) is 2.43. The van der Waals surface area contributed by atoms with Crippen LogP contribution in [0.15, 0.2) is 12.2 Å². The zero-order valence-electron chi connectivity index (χ0n) is 9.12. The van der Waals surface area contributed by atoms with Crippen LogP contribution >= 0.6 is 0 Å². The average Bonchev–Trinajstić information content (AvgIpc) is 2.59. The minimum atomic E-state index is -0.345. The van der Waals surface area contributed by atoms with E-state index in [2.05, 4.69) is 12.2 Å². The molecule has 78 valence electrons. The summed E-state index contributed by atoms with van der Waals surface area (Å²) in [5.41, 5.74) is -0.345. The van der Waals surface area contributed by atoms with E-state index >= 15 is 0 Å². The standard InChI is InChI=1S/C12H18O2/c1-12(2,3)14-11(13)10-7-8-4-5-9(10)6-8/h4-5,8-10H,6-7H2,1-3H3/t8-,9-,10-/m0/s1. The highest BCUT2D eigenvalue weighted by atomic mass is 16.6. The predicted octanol–water partition coefficient (Wildman–Crippen LogP) is 2.54. The lowest BCUT2D eigenvalue weighted by Crippen LogP contribution is -2.30. The Morgan fingerprint density at radius 1 is 1.29 bits per heavy atom. The summed E-state index contributed by atoms with van der Waals surface area (Å²) in [6, 6.07) is 0. The summed E-state index contributed by atoms with van der Waals surface area (Å²) >= 11 is 0. The van der Waals surface area contributed by atoms with E-state index in [4.69, 9.17) is 4.74 Å². The Bertz CT molecular complexity index is 273. The number of fused-ring (bicyclic) bond motifs is 2. The molecule has 0 aliphatic heterocycles. The van der Waals surface area contributed by atoms with Gasteiger partial charge in [-0.1, -0.05) is 12.2 Å². The number of carbonyl (C=O) groups is 1. The van der Waals surface area contributed by atoms with Crippen LogP contribution in [0, 0.1) is 17.8 Å². The van der Waals surface area contributed by atoms with E-state index in [0.717, 1.165) is 12.8 Å². The van der Waals surface area contributed by atoms with Crippen molar-refractivity contribution >= 4 is 5.97 Å². The molecule has 2 bridgehead atoms. The summed E-state index contributed by atoms with van der Waals surface area (Å²) in [6.07, 6.45) is 6.58. The molecule has 0 saturated heterocycles. The van der Waals surface area contributed by atoms with E-state index in [1.165, 1.54) is 0 Å². The number of ether oxygens (including phenoxy) is 1. The third-order valence-electron chi connectivity index (χ3n) is 2.99. The molecule has 0 aromatic carbocycles. The summed E-state index contributed by atoms with van der Waals surface area (Å²) in [6.45, 7) is 5.77. The van der Waals surface area contributed by atoms with E-state index in [1.807, 2.05) is 20.8 Å². The van der Waals surface area contributed by atoms with Crippen molar-refractivity contribution in [2.24, 2.45) is 17.8 Å². The highest BCUT2D eigenvalue weighted by molar-refractivity contribution is 5.74. The van der Waals surface area contributed by atoms with Gasteiger partial charge in [-0.15, -0.1) is 0 Å². The average molecular weight is 194 g/mol. The number of allylic oxidation sites excluding steroid dienone is 2. The Kier molecular flexibility index (Phi) is 2.17. The van der Waals surface area contributed by atoms with Crippen LogP contribution < -0.4 is 0 Å². The van der Waals surface area contributed by atoms with E-state index in [1.54, 1.807) is 0 Å². The minimum Gasteiger partial charge on any atom is -0.460 e. The summed E-state index contributed by atoms with van der Waals surface area (Å²) in [5, 5.41) is 0. The highest BCUT2D eigenvalue weighted by Gasteiger charge is 2.41. The number of esters is 1. The number of carbonyl (C=O) groups excluding carboxylic acids is 1. The summed E-state index contributed by atoms with van der Waals surface area (Å²) in [4.78, 5) is 11.8. The molecule has 2 aliphatic rings. The molecule has 1 fully saturated rings. The number of hydrogen-bond donors (Lipinski definition) is 0. The Hall–Kier alpha value is -0.790. The van der Waals surface area contributed by atoms with E-state index in [-0.39, 0.29) is 17.5 Å². The van der Waals surface area contributed by atoms with Gasteiger partial charge in [-0.2, -0.15) is 0 Å². The second kappa shape index (κ2) is 3.11.